The third-order valence-corrected chi connectivity index (χ3v) is 8.05. The van der Waals surface area contributed by atoms with Crippen LogP contribution in [0.15, 0.2) is 35.5 Å². The number of hydrogen-bond acceptors (Lipinski definition) is 11. The minimum Gasteiger partial charge on any atom is -0.475 e. The molecular weight excluding hydrogens is 714 g/mol. The van der Waals surface area contributed by atoms with E-state index in [4.69, 9.17) is 36.1 Å². The van der Waals surface area contributed by atoms with Gasteiger partial charge >= 0.3 is 24.3 Å². The van der Waals surface area contributed by atoms with Crippen molar-refractivity contribution < 1.29 is 64.1 Å². The first-order chi connectivity index (χ1) is 21.6. The molecule has 0 unspecified atom stereocenters. The van der Waals surface area contributed by atoms with Gasteiger partial charge in [0.2, 0.25) is 5.91 Å². The van der Waals surface area contributed by atoms with E-state index in [-0.39, 0.29) is 21.6 Å². The van der Waals surface area contributed by atoms with Gasteiger partial charge in [0, 0.05) is 38.0 Å². The van der Waals surface area contributed by atoms with Crippen molar-refractivity contribution in [3.05, 3.63) is 41.4 Å². The minimum absolute atomic E-state index is 0.00268. The number of nitrogens with one attached hydrogen (secondary N) is 2. The number of alkyl halides is 6. The van der Waals surface area contributed by atoms with Gasteiger partial charge in [-0.3, -0.25) is 9.52 Å². The van der Waals surface area contributed by atoms with Crippen LogP contribution in [-0.4, -0.2) is 90.1 Å². The van der Waals surface area contributed by atoms with E-state index in [0.29, 0.717) is 48.5 Å². The number of thiazole rings is 1. The molecule has 3 aromatic rings. The number of halogens is 7. The van der Waals surface area contributed by atoms with Crippen molar-refractivity contribution in [2.24, 2.45) is 0 Å². The SMILES string of the molecule is CC(=O)Nc1nc(C)c(-c2cnc(Cl)c(NS(=O)(=O)c3ccc(N4CCOCC4)nc3)c2)s1.O=C(O)C(F)(F)F.O=C(O)C(F)(F)F. The topological polar surface area (TPSA) is 201 Å². The quantitative estimate of drug-likeness (QED) is 0.205. The second-order valence-electron chi connectivity index (χ2n) is 8.84. The molecule has 0 aliphatic carbocycles. The fourth-order valence-electron chi connectivity index (χ4n) is 3.23. The molecule has 0 aromatic carbocycles. The normalized spacial score (nSPS) is 13.3. The molecule has 1 amide bonds. The summed E-state index contributed by atoms with van der Waals surface area (Å²) in [5.74, 6) is -5.05. The van der Waals surface area contributed by atoms with Crippen molar-refractivity contribution in [1.29, 1.82) is 0 Å². The van der Waals surface area contributed by atoms with E-state index < -0.39 is 34.3 Å². The lowest BCUT2D eigenvalue weighted by molar-refractivity contribution is -0.193. The molecule has 1 aliphatic rings. The van der Waals surface area contributed by atoms with Crippen LogP contribution in [0, 0.1) is 6.92 Å². The van der Waals surface area contributed by atoms with E-state index in [1.807, 2.05) is 4.90 Å². The Balaban J connectivity index is 0.000000459. The summed E-state index contributed by atoms with van der Waals surface area (Å²) < 4.78 is 97.2. The zero-order chi connectivity index (χ0) is 35.7. The number of rotatable bonds is 6. The molecule has 0 atom stereocenters. The van der Waals surface area contributed by atoms with Gasteiger partial charge < -0.3 is 25.2 Å². The molecule has 1 fully saturated rings. The van der Waals surface area contributed by atoms with Crippen molar-refractivity contribution >= 4 is 67.4 Å². The summed E-state index contributed by atoms with van der Waals surface area (Å²) in [6.45, 7) is 5.80. The number of aliphatic carboxylic acids is 2. The molecule has 4 heterocycles. The fourth-order valence-corrected chi connectivity index (χ4v) is 5.43. The second-order valence-corrected chi connectivity index (χ2v) is 11.9. The molecule has 258 valence electrons. The van der Waals surface area contributed by atoms with Crippen molar-refractivity contribution in [2.75, 3.05) is 41.2 Å². The lowest BCUT2D eigenvalue weighted by Crippen LogP contribution is -2.36. The number of morpholine rings is 1. The largest absolute Gasteiger partial charge is 0.490 e. The number of aryl methyl sites for hydroxylation is 1. The van der Waals surface area contributed by atoms with Crippen molar-refractivity contribution in [3.63, 3.8) is 0 Å². The van der Waals surface area contributed by atoms with Crippen molar-refractivity contribution in [3.8, 4) is 10.4 Å². The maximum absolute atomic E-state index is 13.0. The van der Waals surface area contributed by atoms with E-state index in [2.05, 4.69) is 25.0 Å². The molecule has 1 aliphatic heterocycles. The van der Waals surface area contributed by atoms with Crippen molar-refractivity contribution in [2.45, 2.75) is 31.1 Å². The number of anilines is 3. The molecule has 0 bridgehead atoms. The van der Waals surface area contributed by atoms with Crippen molar-refractivity contribution in [1.82, 2.24) is 15.0 Å². The van der Waals surface area contributed by atoms with Gasteiger partial charge in [0.15, 0.2) is 10.3 Å². The Morgan fingerprint density at radius 3 is 2.02 bits per heavy atom. The number of pyridine rings is 2. The van der Waals surface area contributed by atoms with E-state index in [1.54, 1.807) is 19.1 Å². The van der Waals surface area contributed by atoms with Gasteiger partial charge in [0.05, 0.1) is 29.5 Å². The Labute approximate surface area is 270 Å². The van der Waals surface area contributed by atoms with Crippen LogP contribution in [0.4, 0.5) is 43.0 Å². The lowest BCUT2D eigenvalue weighted by atomic mass is 10.2. The highest BCUT2D eigenvalue weighted by molar-refractivity contribution is 7.92. The Kier molecular flexibility index (Phi) is 13.3. The molecule has 47 heavy (non-hydrogen) atoms. The Morgan fingerprint density at radius 2 is 1.55 bits per heavy atom. The summed E-state index contributed by atoms with van der Waals surface area (Å²) in [5.41, 5.74) is 1.41. The van der Waals surface area contributed by atoms with Crippen LogP contribution < -0.4 is 14.9 Å². The number of ether oxygens (including phenoxy) is 1. The predicted octanol–water partition coefficient (Wildman–Crippen LogP) is 4.42. The van der Waals surface area contributed by atoms with Gasteiger partial charge in [-0.05, 0) is 25.1 Å². The highest BCUT2D eigenvalue weighted by atomic mass is 35.5. The van der Waals surface area contributed by atoms with Gasteiger partial charge in [-0.15, -0.1) is 0 Å². The van der Waals surface area contributed by atoms with Crippen LogP contribution in [0.1, 0.15) is 12.6 Å². The Hall–Kier alpha value is -4.28. The molecule has 3 aromatic heterocycles. The monoisotopic (exact) mass is 736 g/mol. The van der Waals surface area contributed by atoms with Crippen LogP contribution in [0.5, 0.6) is 0 Å². The third-order valence-electron chi connectivity index (χ3n) is 5.28. The molecule has 4 N–H and O–H groups in total. The highest BCUT2D eigenvalue weighted by Gasteiger charge is 2.38. The molecule has 23 heteroatoms. The van der Waals surface area contributed by atoms with Gasteiger partial charge in [-0.25, -0.2) is 33.0 Å². The summed E-state index contributed by atoms with van der Waals surface area (Å²) in [7, 11) is -3.95. The molecule has 4 rings (SSSR count). The first-order valence-electron chi connectivity index (χ1n) is 12.4. The lowest BCUT2D eigenvalue weighted by Gasteiger charge is -2.27. The van der Waals surface area contributed by atoms with E-state index in [0.717, 1.165) is 4.88 Å². The summed E-state index contributed by atoms with van der Waals surface area (Å²) in [6, 6.07) is 4.75. The van der Waals surface area contributed by atoms with Crippen LogP contribution >= 0.6 is 22.9 Å². The highest BCUT2D eigenvalue weighted by Crippen LogP contribution is 2.35. The average Bonchev–Trinajstić information content (AvgIpc) is 3.33. The molecule has 0 radical (unpaired) electrons. The maximum Gasteiger partial charge on any atom is 0.490 e. The minimum atomic E-state index is -5.08. The average molecular weight is 737 g/mol. The number of carbonyl (C=O) groups is 3. The standard InChI is InChI=1S/C20H21ClN6O4S2.2C2HF3O2/c1-12-18(32-20(24-12)25-13(2)28)14-9-16(19(21)23-10-14)26-33(29,30)15-3-4-17(22-11-15)27-5-7-31-8-6-27;2*3-2(4,5)1(6)7/h3-4,9-11,26H,5-8H2,1-2H3,(H,24,25,28);2*(H,6,7). The number of nitrogens with zero attached hydrogens (tertiary/aromatic N) is 4. The van der Waals surface area contributed by atoms with Crippen LogP contribution in [0.2, 0.25) is 5.15 Å². The molecule has 0 saturated carbocycles. The van der Waals surface area contributed by atoms with Gasteiger partial charge in [-0.1, -0.05) is 22.9 Å². The second kappa shape index (κ2) is 16.0. The van der Waals surface area contributed by atoms with E-state index in [1.165, 1.54) is 36.7 Å². The third kappa shape index (κ3) is 12.1. The summed E-state index contributed by atoms with van der Waals surface area (Å²) in [5, 5.41) is 17.3. The first kappa shape index (κ1) is 38.9. The van der Waals surface area contributed by atoms with Crippen LogP contribution in [-0.2, 0) is 29.1 Å². The Bertz CT molecular complexity index is 1660. The first-order valence-corrected chi connectivity index (χ1v) is 15.1. The Morgan fingerprint density at radius 1 is 1.00 bits per heavy atom. The fraction of sp³-hybridized carbons (Fsp3) is 0.333. The van der Waals surface area contributed by atoms with E-state index in [9.17, 15) is 39.6 Å². The number of sulfonamides is 1. The van der Waals surface area contributed by atoms with Crippen LogP contribution in [0.3, 0.4) is 0 Å². The molecular formula is C24H23ClF6N6O8S2. The zero-order valence-corrected chi connectivity index (χ0v) is 26.2. The molecule has 14 nitrogen and oxygen atoms in total. The number of amides is 1. The predicted molar refractivity (Wildman–Crippen MR) is 155 cm³/mol. The molecule has 0 spiro atoms. The smallest absolute Gasteiger partial charge is 0.475 e. The summed E-state index contributed by atoms with van der Waals surface area (Å²) >= 11 is 7.43. The number of carboxylic acid groups (broad SMARTS) is 2. The number of hydrogen-bond donors (Lipinski definition) is 4. The summed E-state index contributed by atoms with van der Waals surface area (Å²) in [4.78, 5) is 44.6. The summed E-state index contributed by atoms with van der Waals surface area (Å²) in [6.07, 6.45) is -7.33. The number of carbonyl (C=O) groups excluding carboxylic acids is 1. The molecule has 1 saturated heterocycles. The zero-order valence-electron chi connectivity index (χ0n) is 23.8. The van der Waals surface area contributed by atoms with Gasteiger partial charge in [-0.2, -0.15) is 26.3 Å². The van der Waals surface area contributed by atoms with E-state index >= 15 is 0 Å². The number of aromatic nitrogens is 3. The maximum atomic E-state index is 13.0. The van der Waals surface area contributed by atoms with Crippen LogP contribution in [0.25, 0.3) is 10.4 Å². The number of carboxylic acids is 2. The van der Waals surface area contributed by atoms with Gasteiger partial charge in [0.1, 0.15) is 10.7 Å². The van der Waals surface area contributed by atoms with Gasteiger partial charge in [0.25, 0.3) is 10.0 Å².